The van der Waals surface area contributed by atoms with Gasteiger partial charge in [0, 0.05) is 24.7 Å². The van der Waals surface area contributed by atoms with Crippen LogP contribution in [-0.4, -0.2) is 56.9 Å². The first-order valence-electron chi connectivity index (χ1n) is 12.2. The number of nitrogens with one attached hydrogen (secondary N) is 2. The topological polar surface area (TPSA) is 93.0 Å². The number of hydrogen-bond donors (Lipinski definition) is 2. The molecular formula is C26H30N8O. The number of benzene rings is 2. The lowest BCUT2D eigenvalue weighted by Gasteiger charge is -2.26. The highest BCUT2D eigenvalue weighted by Gasteiger charge is 2.23. The first-order chi connectivity index (χ1) is 17.1. The molecule has 2 aliphatic heterocycles. The molecule has 0 aliphatic carbocycles. The molecule has 4 aromatic rings. The van der Waals surface area contributed by atoms with E-state index in [1.807, 2.05) is 36.0 Å². The fraction of sp³-hybridized carbons (Fsp3) is 0.385. The smallest absolute Gasteiger partial charge is 0.227 e. The van der Waals surface area contributed by atoms with Crippen LogP contribution in [0.5, 0.6) is 5.75 Å². The summed E-state index contributed by atoms with van der Waals surface area (Å²) in [5.74, 6) is 3.06. The Labute approximate surface area is 204 Å². The molecule has 0 radical (unpaired) electrons. The van der Waals surface area contributed by atoms with Crippen LogP contribution < -0.4 is 15.4 Å². The number of anilines is 2. The van der Waals surface area contributed by atoms with Gasteiger partial charge >= 0.3 is 0 Å². The Kier molecular flexibility index (Phi) is 5.58. The van der Waals surface area contributed by atoms with Crippen molar-refractivity contribution in [2.24, 2.45) is 0 Å². The van der Waals surface area contributed by atoms with Gasteiger partial charge in [0.2, 0.25) is 5.95 Å². The van der Waals surface area contributed by atoms with Crippen molar-refractivity contribution in [1.82, 2.24) is 34.9 Å². The number of fused-ring (bicyclic) bond motifs is 2. The third-order valence-corrected chi connectivity index (χ3v) is 6.89. The Morgan fingerprint density at radius 3 is 2.89 bits per heavy atom. The Bertz CT molecular complexity index is 1390. The van der Waals surface area contributed by atoms with Gasteiger partial charge in [-0.25, -0.2) is 19.6 Å². The number of aromatic nitrogens is 5. The van der Waals surface area contributed by atoms with Crippen molar-refractivity contribution < 1.29 is 4.74 Å². The van der Waals surface area contributed by atoms with Crippen LogP contribution in [0.2, 0.25) is 0 Å². The monoisotopic (exact) mass is 470 g/mol. The molecule has 2 aromatic heterocycles. The summed E-state index contributed by atoms with van der Waals surface area (Å²) in [7, 11) is 3.85. The van der Waals surface area contributed by atoms with E-state index in [2.05, 4.69) is 44.8 Å². The number of nitrogens with zero attached hydrogens (tertiary/aromatic N) is 6. The van der Waals surface area contributed by atoms with Crippen molar-refractivity contribution in [3.8, 4) is 11.4 Å². The minimum atomic E-state index is 0.227. The molecule has 2 aliphatic rings. The molecule has 0 bridgehead atoms. The number of hydrogen-bond acceptors (Lipinski definition) is 8. The summed E-state index contributed by atoms with van der Waals surface area (Å²) in [5, 5.41) is 12.6. The number of ether oxygens (including phenoxy) is 1. The van der Waals surface area contributed by atoms with E-state index in [-0.39, 0.29) is 6.04 Å². The van der Waals surface area contributed by atoms with Crippen LogP contribution in [0.4, 0.5) is 11.6 Å². The van der Waals surface area contributed by atoms with E-state index in [0.29, 0.717) is 5.95 Å². The molecule has 0 spiro atoms. The zero-order valence-electron chi connectivity index (χ0n) is 20.4. The van der Waals surface area contributed by atoms with Crippen LogP contribution in [0.25, 0.3) is 16.6 Å². The lowest BCUT2D eigenvalue weighted by atomic mass is 9.99. The molecule has 4 heterocycles. The van der Waals surface area contributed by atoms with E-state index in [9.17, 15) is 0 Å². The quantitative estimate of drug-likeness (QED) is 0.456. The highest BCUT2D eigenvalue weighted by atomic mass is 16.5. The van der Waals surface area contributed by atoms with E-state index >= 15 is 0 Å². The minimum absolute atomic E-state index is 0.227. The lowest BCUT2D eigenvalue weighted by Crippen LogP contribution is -2.26. The van der Waals surface area contributed by atoms with E-state index in [4.69, 9.17) is 14.7 Å². The van der Waals surface area contributed by atoms with Gasteiger partial charge in [-0.1, -0.05) is 0 Å². The Hall–Kier alpha value is -3.56. The van der Waals surface area contributed by atoms with Gasteiger partial charge in [0.05, 0.1) is 30.0 Å². The van der Waals surface area contributed by atoms with Crippen LogP contribution in [0, 0.1) is 6.92 Å². The average Bonchev–Trinajstić information content (AvgIpc) is 3.53. The molecule has 0 amide bonds. The molecule has 2 N–H and O–H groups in total. The Morgan fingerprint density at radius 1 is 1.14 bits per heavy atom. The molecular weight excluding hydrogens is 440 g/mol. The van der Waals surface area contributed by atoms with Crippen LogP contribution in [0.3, 0.4) is 0 Å². The van der Waals surface area contributed by atoms with Crippen LogP contribution >= 0.6 is 0 Å². The molecule has 1 saturated heterocycles. The summed E-state index contributed by atoms with van der Waals surface area (Å²) in [5.41, 5.74) is 5.31. The molecule has 0 unspecified atom stereocenters. The van der Waals surface area contributed by atoms with E-state index < -0.39 is 0 Å². The Morgan fingerprint density at radius 2 is 2.06 bits per heavy atom. The van der Waals surface area contributed by atoms with Crippen LogP contribution in [-0.2, 0) is 13.0 Å². The maximum absolute atomic E-state index is 5.68. The van der Waals surface area contributed by atoms with Crippen molar-refractivity contribution in [3.63, 3.8) is 0 Å². The summed E-state index contributed by atoms with van der Waals surface area (Å²) in [6.07, 6.45) is 5.09. The van der Waals surface area contributed by atoms with Gasteiger partial charge in [-0.15, -0.1) is 0 Å². The van der Waals surface area contributed by atoms with Gasteiger partial charge in [0.15, 0.2) is 0 Å². The zero-order chi connectivity index (χ0) is 23.9. The third-order valence-electron chi connectivity index (χ3n) is 6.89. The van der Waals surface area contributed by atoms with Crippen molar-refractivity contribution in [2.45, 2.75) is 38.8 Å². The Balaban J connectivity index is 1.34. The van der Waals surface area contributed by atoms with E-state index in [0.717, 1.165) is 78.6 Å². The first kappa shape index (κ1) is 21.9. The number of rotatable bonds is 5. The fourth-order valence-corrected chi connectivity index (χ4v) is 5.07. The number of likely N-dealkylation sites (N-methyl/N-ethyl adjacent to an activating group) is 1. The highest BCUT2D eigenvalue weighted by Crippen LogP contribution is 2.33. The van der Waals surface area contributed by atoms with Crippen molar-refractivity contribution in [2.75, 3.05) is 32.6 Å². The average molecular weight is 471 g/mol. The zero-order valence-corrected chi connectivity index (χ0v) is 20.4. The molecule has 35 heavy (non-hydrogen) atoms. The van der Waals surface area contributed by atoms with E-state index in [1.165, 1.54) is 11.1 Å². The lowest BCUT2D eigenvalue weighted by molar-refractivity contribution is 0.312. The summed E-state index contributed by atoms with van der Waals surface area (Å²) in [6.45, 7) is 4.93. The first-order valence-corrected chi connectivity index (χ1v) is 12.2. The van der Waals surface area contributed by atoms with Gasteiger partial charge in [-0.2, -0.15) is 5.10 Å². The predicted molar refractivity (Wildman–Crippen MR) is 135 cm³/mol. The minimum Gasteiger partial charge on any atom is -0.495 e. The summed E-state index contributed by atoms with van der Waals surface area (Å²) < 4.78 is 7.62. The highest BCUT2D eigenvalue weighted by molar-refractivity contribution is 5.81. The van der Waals surface area contributed by atoms with Gasteiger partial charge in [0.25, 0.3) is 0 Å². The van der Waals surface area contributed by atoms with Gasteiger partial charge < -0.3 is 20.3 Å². The summed E-state index contributed by atoms with van der Waals surface area (Å²) in [4.78, 5) is 16.4. The third kappa shape index (κ3) is 4.21. The van der Waals surface area contributed by atoms with Crippen molar-refractivity contribution in [1.29, 1.82) is 0 Å². The molecule has 1 atom stereocenters. The maximum Gasteiger partial charge on any atom is 0.227 e. The van der Waals surface area contributed by atoms with Crippen molar-refractivity contribution >= 4 is 22.5 Å². The largest absolute Gasteiger partial charge is 0.495 e. The van der Waals surface area contributed by atoms with Gasteiger partial charge in [0.1, 0.15) is 17.4 Å². The molecule has 1 fully saturated rings. The van der Waals surface area contributed by atoms with Gasteiger partial charge in [-0.3, -0.25) is 0 Å². The molecule has 180 valence electrons. The van der Waals surface area contributed by atoms with Crippen molar-refractivity contribution in [3.05, 3.63) is 59.3 Å². The summed E-state index contributed by atoms with van der Waals surface area (Å²) in [6, 6.07) is 10.7. The molecule has 9 heteroatoms. The molecule has 6 rings (SSSR count). The summed E-state index contributed by atoms with van der Waals surface area (Å²) >= 11 is 0. The maximum atomic E-state index is 5.68. The fourth-order valence-electron chi connectivity index (χ4n) is 5.07. The van der Waals surface area contributed by atoms with Crippen LogP contribution in [0.15, 0.2) is 36.5 Å². The second kappa shape index (κ2) is 8.90. The SMILES string of the molecule is COc1cc2c(cc1Nc1ncc3ccc(-n4nc(C)nc4[C@@H]4CCCN4)cc3n1)CN(C)CC2. The normalized spacial score (nSPS) is 18.1. The standard InChI is InChI=1S/C26H30N8O/c1-16-29-25(21-5-4-9-27-21)34(32-16)20-7-6-18-14-28-26(30-22(18)13-20)31-23-11-19-15-33(2)10-8-17(19)12-24(23)35-3/h6-7,11-14,21,27H,4-5,8-10,15H2,1-3H3,(H,28,30,31)/t21-/m0/s1. The molecule has 2 aromatic carbocycles. The predicted octanol–water partition coefficient (Wildman–Crippen LogP) is 3.68. The number of methoxy groups -OCH3 is 1. The molecule has 0 saturated carbocycles. The molecule has 9 nitrogen and oxygen atoms in total. The van der Waals surface area contributed by atoms with Gasteiger partial charge in [-0.05, 0) is 81.2 Å². The van der Waals surface area contributed by atoms with Crippen LogP contribution in [0.1, 0.15) is 41.7 Å². The van der Waals surface area contributed by atoms with E-state index in [1.54, 1.807) is 7.11 Å². The number of aryl methyl sites for hydroxylation is 1. The second-order valence-corrected chi connectivity index (χ2v) is 9.45. The second-order valence-electron chi connectivity index (χ2n) is 9.45.